The normalized spacial score (nSPS) is 11.7. The molecule has 0 aliphatic rings. The van der Waals surface area contributed by atoms with E-state index in [4.69, 9.17) is 9.40 Å². The van der Waals surface area contributed by atoms with Crippen LogP contribution in [-0.4, -0.2) is 14.5 Å². The van der Waals surface area contributed by atoms with Crippen molar-refractivity contribution in [1.29, 1.82) is 0 Å². The molecule has 2 aromatic carbocycles. The van der Waals surface area contributed by atoms with E-state index >= 15 is 0 Å². The van der Waals surface area contributed by atoms with Gasteiger partial charge in [0.2, 0.25) is 5.71 Å². The van der Waals surface area contributed by atoms with Crippen LogP contribution in [0, 0.1) is 0 Å². The molecule has 0 N–H and O–H groups in total. The van der Waals surface area contributed by atoms with Gasteiger partial charge in [-0.15, -0.1) is 0 Å². The highest BCUT2D eigenvalue weighted by molar-refractivity contribution is 6.08. The molecule has 0 radical (unpaired) electrons. The number of rotatable bonds is 3. The molecule has 4 heteroatoms. The Kier molecular flexibility index (Phi) is 3.57. The smallest absolute Gasteiger partial charge is 0.227 e. The Hall–Kier alpha value is -3.40. The van der Waals surface area contributed by atoms with Crippen molar-refractivity contribution in [2.75, 3.05) is 0 Å². The molecular weight excluding hydrogens is 334 g/mol. The van der Waals surface area contributed by atoms with Crippen LogP contribution in [0.5, 0.6) is 0 Å². The van der Waals surface area contributed by atoms with Gasteiger partial charge in [-0.2, -0.15) is 0 Å². The van der Waals surface area contributed by atoms with Crippen molar-refractivity contribution in [2.45, 2.75) is 19.8 Å². The van der Waals surface area contributed by atoms with E-state index < -0.39 is 0 Å². The lowest BCUT2D eigenvalue weighted by atomic mass is 10.1. The number of pyridine rings is 1. The van der Waals surface area contributed by atoms with E-state index in [2.05, 4.69) is 59.8 Å². The second-order valence-electron chi connectivity index (χ2n) is 6.98. The molecular formula is C23H19N3O. The standard InChI is InChI=1S/C23H19N3O/c1-15(2)20-12-11-18-17-9-6-10-19(21(17)27-23(18)25-20)22-24-13-14-26(22)16-7-4-3-5-8-16/h3-15H,1-2H3. The van der Waals surface area contributed by atoms with Crippen molar-refractivity contribution < 1.29 is 4.42 Å². The summed E-state index contributed by atoms with van der Waals surface area (Å²) in [6.45, 7) is 4.28. The zero-order valence-corrected chi connectivity index (χ0v) is 15.3. The predicted molar refractivity (Wildman–Crippen MR) is 108 cm³/mol. The maximum absolute atomic E-state index is 6.22. The van der Waals surface area contributed by atoms with Crippen LogP contribution < -0.4 is 0 Å². The van der Waals surface area contributed by atoms with Gasteiger partial charge in [0.25, 0.3) is 0 Å². The van der Waals surface area contributed by atoms with E-state index in [0.717, 1.165) is 39.1 Å². The summed E-state index contributed by atoms with van der Waals surface area (Å²) in [5, 5.41) is 2.10. The van der Waals surface area contributed by atoms with Gasteiger partial charge in [-0.3, -0.25) is 4.57 Å². The number of fused-ring (bicyclic) bond motifs is 3. The lowest BCUT2D eigenvalue weighted by molar-refractivity contribution is 0.648. The van der Waals surface area contributed by atoms with Gasteiger partial charge in [0.15, 0.2) is 0 Å². The predicted octanol–water partition coefficient (Wildman–Crippen LogP) is 5.96. The van der Waals surface area contributed by atoms with Gasteiger partial charge in [-0.1, -0.05) is 44.2 Å². The molecule has 0 amide bonds. The molecule has 5 rings (SSSR count). The van der Waals surface area contributed by atoms with Gasteiger partial charge < -0.3 is 4.42 Å². The van der Waals surface area contributed by atoms with Gasteiger partial charge >= 0.3 is 0 Å². The summed E-state index contributed by atoms with van der Waals surface area (Å²) in [6.07, 6.45) is 3.79. The van der Waals surface area contributed by atoms with Crippen molar-refractivity contribution in [1.82, 2.24) is 14.5 Å². The number of aromatic nitrogens is 3. The first-order valence-electron chi connectivity index (χ1n) is 9.13. The number of imidazole rings is 1. The highest BCUT2D eigenvalue weighted by Gasteiger charge is 2.17. The van der Waals surface area contributed by atoms with Gasteiger partial charge in [-0.25, -0.2) is 9.97 Å². The van der Waals surface area contributed by atoms with Crippen LogP contribution >= 0.6 is 0 Å². The SMILES string of the molecule is CC(C)c1ccc2c(n1)oc1c(-c3nccn3-c3ccccc3)cccc12. The molecule has 0 fully saturated rings. The molecule has 4 nitrogen and oxygen atoms in total. The van der Waals surface area contributed by atoms with Crippen molar-refractivity contribution in [3.05, 3.63) is 78.8 Å². The Labute approximate surface area is 157 Å². The van der Waals surface area contributed by atoms with Crippen LogP contribution in [0.4, 0.5) is 0 Å². The average Bonchev–Trinajstić information content (AvgIpc) is 3.32. The maximum Gasteiger partial charge on any atom is 0.227 e. The largest absolute Gasteiger partial charge is 0.437 e. The molecule has 0 saturated carbocycles. The zero-order chi connectivity index (χ0) is 18.4. The van der Waals surface area contributed by atoms with Crippen molar-refractivity contribution in [3.8, 4) is 17.1 Å². The second-order valence-corrected chi connectivity index (χ2v) is 6.98. The van der Waals surface area contributed by atoms with E-state index in [1.54, 1.807) is 0 Å². The fraction of sp³-hybridized carbons (Fsp3) is 0.130. The van der Waals surface area contributed by atoms with Crippen molar-refractivity contribution in [3.63, 3.8) is 0 Å². The van der Waals surface area contributed by atoms with E-state index in [1.165, 1.54) is 0 Å². The zero-order valence-electron chi connectivity index (χ0n) is 15.3. The minimum Gasteiger partial charge on any atom is -0.437 e. The third-order valence-corrected chi connectivity index (χ3v) is 4.89. The van der Waals surface area contributed by atoms with Crippen LogP contribution in [0.1, 0.15) is 25.5 Å². The summed E-state index contributed by atoms with van der Waals surface area (Å²) < 4.78 is 8.30. The Bertz CT molecular complexity index is 1250. The van der Waals surface area contributed by atoms with Crippen molar-refractivity contribution in [2.24, 2.45) is 0 Å². The van der Waals surface area contributed by atoms with E-state index in [0.29, 0.717) is 11.6 Å². The van der Waals surface area contributed by atoms with Gasteiger partial charge in [0, 0.05) is 34.5 Å². The Morgan fingerprint density at radius 2 is 1.74 bits per heavy atom. The minimum absolute atomic E-state index is 0.360. The third-order valence-electron chi connectivity index (χ3n) is 4.89. The number of para-hydroxylation sites is 2. The van der Waals surface area contributed by atoms with Crippen LogP contribution in [0.2, 0.25) is 0 Å². The molecule has 0 spiro atoms. The molecule has 0 unspecified atom stereocenters. The van der Waals surface area contributed by atoms with E-state index in [9.17, 15) is 0 Å². The molecule has 0 atom stereocenters. The average molecular weight is 353 g/mol. The lowest BCUT2D eigenvalue weighted by Crippen LogP contribution is -1.96. The number of nitrogens with zero attached hydrogens (tertiary/aromatic N) is 3. The highest BCUT2D eigenvalue weighted by Crippen LogP contribution is 2.35. The van der Waals surface area contributed by atoms with Crippen LogP contribution in [0.3, 0.4) is 0 Å². The van der Waals surface area contributed by atoms with Crippen LogP contribution in [0.15, 0.2) is 77.5 Å². The monoisotopic (exact) mass is 353 g/mol. The number of furan rings is 1. The Morgan fingerprint density at radius 1 is 0.889 bits per heavy atom. The first-order valence-corrected chi connectivity index (χ1v) is 9.13. The summed E-state index contributed by atoms with van der Waals surface area (Å²) in [7, 11) is 0. The topological polar surface area (TPSA) is 43.9 Å². The number of benzene rings is 2. The molecule has 3 aromatic heterocycles. The molecule has 0 saturated heterocycles. The van der Waals surface area contributed by atoms with Crippen LogP contribution in [0.25, 0.3) is 39.1 Å². The summed E-state index contributed by atoms with van der Waals surface area (Å²) >= 11 is 0. The summed E-state index contributed by atoms with van der Waals surface area (Å²) in [5.41, 5.74) is 4.57. The molecule has 0 aliphatic carbocycles. The highest BCUT2D eigenvalue weighted by atomic mass is 16.3. The summed E-state index contributed by atoms with van der Waals surface area (Å²) in [5.74, 6) is 1.22. The Balaban J connectivity index is 1.76. The maximum atomic E-state index is 6.22. The van der Waals surface area contributed by atoms with E-state index in [1.807, 2.05) is 36.7 Å². The number of hydrogen-bond acceptors (Lipinski definition) is 3. The fourth-order valence-corrected chi connectivity index (χ4v) is 3.49. The first kappa shape index (κ1) is 15.8. The quantitative estimate of drug-likeness (QED) is 0.402. The molecule has 27 heavy (non-hydrogen) atoms. The minimum atomic E-state index is 0.360. The first-order chi connectivity index (χ1) is 13.2. The summed E-state index contributed by atoms with van der Waals surface area (Å²) in [4.78, 5) is 9.33. The molecule has 0 bridgehead atoms. The molecule has 3 heterocycles. The van der Waals surface area contributed by atoms with E-state index in [-0.39, 0.29) is 0 Å². The summed E-state index contributed by atoms with van der Waals surface area (Å²) in [6, 6.07) is 20.6. The fourth-order valence-electron chi connectivity index (χ4n) is 3.49. The van der Waals surface area contributed by atoms with Gasteiger partial charge in [0.1, 0.15) is 11.4 Å². The molecule has 132 valence electrons. The second kappa shape index (κ2) is 6.09. The Morgan fingerprint density at radius 3 is 2.56 bits per heavy atom. The van der Waals surface area contributed by atoms with Gasteiger partial charge in [0.05, 0.1) is 5.56 Å². The third kappa shape index (κ3) is 2.53. The number of hydrogen-bond donors (Lipinski definition) is 0. The molecule has 5 aromatic rings. The molecule has 0 aliphatic heterocycles. The van der Waals surface area contributed by atoms with Crippen LogP contribution in [-0.2, 0) is 0 Å². The van der Waals surface area contributed by atoms with Crippen molar-refractivity contribution >= 4 is 22.1 Å². The lowest BCUT2D eigenvalue weighted by Gasteiger charge is -2.08. The van der Waals surface area contributed by atoms with Gasteiger partial charge in [-0.05, 0) is 36.2 Å².